The summed E-state index contributed by atoms with van der Waals surface area (Å²) in [5, 5.41) is 5.97. The molecule has 4 aromatic rings. The molecule has 1 aromatic carbocycles. The summed E-state index contributed by atoms with van der Waals surface area (Å²) in [4.78, 5) is 22.4. The molecule has 0 saturated heterocycles. The van der Waals surface area contributed by atoms with Gasteiger partial charge in [-0.05, 0) is 35.7 Å². The molecule has 3 heterocycles. The number of rotatable bonds is 5. The van der Waals surface area contributed by atoms with Crippen molar-refractivity contribution < 1.29 is 4.79 Å². The summed E-state index contributed by atoms with van der Waals surface area (Å²) in [6.07, 6.45) is 3.35. The lowest BCUT2D eigenvalue weighted by Gasteiger charge is -2.07. The van der Waals surface area contributed by atoms with Crippen molar-refractivity contribution >= 4 is 34.5 Å². The van der Waals surface area contributed by atoms with Crippen LogP contribution in [-0.4, -0.2) is 26.7 Å². The number of hydrogen-bond donors (Lipinski definition) is 1. The van der Waals surface area contributed by atoms with Crippen LogP contribution in [0, 0.1) is 0 Å². The van der Waals surface area contributed by atoms with Crippen molar-refractivity contribution in [2.24, 2.45) is 5.10 Å². The monoisotopic (exact) mass is 361 g/mol. The fourth-order valence-corrected chi connectivity index (χ4v) is 3.22. The zero-order valence-electron chi connectivity index (χ0n) is 13.7. The number of aromatic nitrogens is 3. The number of carbonyl (C=O) groups is 1. The topological polar surface area (TPSA) is 72.2 Å². The van der Waals surface area contributed by atoms with Gasteiger partial charge in [-0.2, -0.15) is 5.10 Å². The summed E-state index contributed by atoms with van der Waals surface area (Å²) in [7, 11) is 0. The molecule has 0 radical (unpaired) electrons. The number of hydrogen-bond acceptors (Lipinski definition) is 5. The van der Waals surface area contributed by atoms with Gasteiger partial charge in [-0.15, -0.1) is 11.3 Å². The van der Waals surface area contributed by atoms with Gasteiger partial charge in [0.1, 0.15) is 12.2 Å². The fourth-order valence-electron chi connectivity index (χ4n) is 2.64. The van der Waals surface area contributed by atoms with E-state index in [0.717, 1.165) is 21.6 Å². The van der Waals surface area contributed by atoms with Crippen LogP contribution in [0.5, 0.6) is 0 Å². The molecule has 7 heteroatoms. The van der Waals surface area contributed by atoms with E-state index in [4.69, 9.17) is 0 Å². The number of imidazole rings is 1. The second-order valence-electron chi connectivity index (χ2n) is 5.53. The molecule has 1 N–H and O–H groups in total. The molecule has 3 aromatic heterocycles. The predicted molar refractivity (Wildman–Crippen MR) is 103 cm³/mol. The molecule has 0 saturated carbocycles. The van der Waals surface area contributed by atoms with Crippen LogP contribution in [0.2, 0.25) is 0 Å². The van der Waals surface area contributed by atoms with Crippen LogP contribution >= 0.6 is 11.3 Å². The zero-order valence-corrected chi connectivity index (χ0v) is 14.6. The summed E-state index contributed by atoms with van der Waals surface area (Å²) in [5.74, 6) is 0.433. The van der Waals surface area contributed by atoms with Crippen LogP contribution in [0.1, 0.15) is 4.88 Å². The number of para-hydroxylation sites is 2. The molecule has 0 spiro atoms. The van der Waals surface area contributed by atoms with E-state index in [0.29, 0.717) is 5.82 Å². The number of thiophene rings is 1. The Morgan fingerprint density at radius 3 is 2.85 bits per heavy atom. The van der Waals surface area contributed by atoms with Gasteiger partial charge >= 0.3 is 0 Å². The van der Waals surface area contributed by atoms with Gasteiger partial charge in [0.15, 0.2) is 5.82 Å². The third-order valence-corrected chi connectivity index (χ3v) is 4.58. The Kier molecular flexibility index (Phi) is 4.53. The number of fused-ring (bicyclic) bond motifs is 1. The Bertz CT molecular complexity index is 1050. The van der Waals surface area contributed by atoms with Crippen molar-refractivity contribution in [2.45, 2.75) is 6.54 Å². The van der Waals surface area contributed by atoms with Gasteiger partial charge in [-0.3, -0.25) is 9.78 Å². The largest absolute Gasteiger partial charge is 0.313 e. The maximum Gasteiger partial charge on any atom is 0.260 e. The van der Waals surface area contributed by atoms with E-state index < -0.39 is 0 Å². The smallest absolute Gasteiger partial charge is 0.260 e. The second kappa shape index (κ2) is 7.28. The highest BCUT2D eigenvalue weighted by atomic mass is 32.1. The molecule has 0 atom stereocenters. The molecular formula is C19H15N5OS. The first-order chi connectivity index (χ1) is 12.8. The Balaban J connectivity index is 1.61. The number of benzene rings is 1. The van der Waals surface area contributed by atoms with Crippen LogP contribution in [0.3, 0.4) is 0 Å². The molecule has 0 bridgehead atoms. The van der Waals surface area contributed by atoms with Crippen molar-refractivity contribution in [1.82, 2.24) is 20.0 Å². The SMILES string of the molecule is O=C(Cn1c(-c2ccccn2)nc2ccccc21)N/N=C\c1cccs1. The van der Waals surface area contributed by atoms with Crippen LogP contribution in [0.25, 0.3) is 22.6 Å². The highest BCUT2D eigenvalue weighted by molar-refractivity contribution is 7.11. The number of amides is 1. The summed E-state index contributed by atoms with van der Waals surface area (Å²) >= 11 is 1.56. The van der Waals surface area contributed by atoms with Crippen LogP contribution in [0.4, 0.5) is 0 Å². The van der Waals surface area contributed by atoms with Gasteiger partial charge in [0, 0.05) is 11.1 Å². The first-order valence-electron chi connectivity index (χ1n) is 8.03. The summed E-state index contributed by atoms with van der Waals surface area (Å²) < 4.78 is 1.85. The van der Waals surface area contributed by atoms with Gasteiger partial charge in [-0.1, -0.05) is 24.3 Å². The van der Waals surface area contributed by atoms with E-state index in [1.807, 2.05) is 64.5 Å². The van der Waals surface area contributed by atoms with Crippen molar-refractivity contribution in [1.29, 1.82) is 0 Å². The van der Waals surface area contributed by atoms with E-state index in [1.165, 1.54) is 0 Å². The van der Waals surface area contributed by atoms with Crippen molar-refractivity contribution in [3.8, 4) is 11.5 Å². The Labute approximate surface area is 153 Å². The normalized spacial score (nSPS) is 11.2. The van der Waals surface area contributed by atoms with E-state index in [9.17, 15) is 4.79 Å². The molecular weight excluding hydrogens is 346 g/mol. The molecule has 1 amide bonds. The Hall–Kier alpha value is -3.32. The molecule has 4 rings (SSSR count). The Morgan fingerprint density at radius 2 is 2.04 bits per heavy atom. The maximum absolute atomic E-state index is 12.4. The number of carbonyl (C=O) groups excluding carboxylic acids is 1. The average molecular weight is 361 g/mol. The molecule has 0 aliphatic heterocycles. The standard InChI is InChI=1S/C19H15N5OS/c25-18(23-21-12-14-6-5-11-26-14)13-24-17-9-2-1-7-15(17)22-19(24)16-8-3-4-10-20-16/h1-12H,13H2,(H,23,25)/b21-12-. The summed E-state index contributed by atoms with van der Waals surface area (Å²) in [6.45, 7) is 0.105. The molecule has 0 fully saturated rings. The number of nitrogens with one attached hydrogen (secondary N) is 1. The minimum atomic E-state index is -0.224. The summed E-state index contributed by atoms with van der Waals surface area (Å²) in [6, 6.07) is 17.2. The third kappa shape index (κ3) is 3.38. The number of pyridine rings is 1. The van der Waals surface area contributed by atoms with Gasteiger partial charge in [0.05, 0.1) is 17.2 Å². The first kappa shape index (κ1) is 16.2. The molecule has 6 nitrogen and oxygen atoms in total. The van der Waals surface area contributed by atoms with E-state index in [1.54, 1.807) is 23.7 Å². The van der Waals surface area contributed by atoms with Crippen LogP contribution < -0.4 is 5.43 Å². The second-order valence-corrected chi connectivity index (χ2v) is 6.51. The number of hydrazone groups is 1. The lowest BCUT2D eigenvalue weighted by molar-refractivity contribution is -0.121. The lowest BCUT2D eigenvalue weighted by Crippen LogP contribution is -2.23. The minimum Gasteiger partial charge on any atom is -0.313 e. The average Bonchev–Trinajstić information content (AvgIpc) is 3.31. The van der Waals surface area contributed by atoms with E-state index >= 15 is 0 Å². The predicted octanol–water partition coefficient (Wildman–Crippen LogP) is 3.31. The van der Waals surface area contributed by atoms with Crippen molar-refractivity contribution in [3.63, 3.8) is 0 Å². The Morgan fingerprint density at radius 1 is 1.15 bits per heavy atom. The van der Waals surface area contributed by atoms with Crippen LogP contribution in [-0.2, 0) is 11.3 Å². The van der Waals surface area contributed by atoms with Crippen molar-refractivity contribution in [3.05, 3.63) is 71.1 Å². The van der Waals surface area contributed by atoms with Gasteiger partial charge in [-0.25, -0.2) is 10.4 Å². The molecule has 0 unspecified atom stereocenters. The minimum absolute atomic E-state index is 0.105. The first-order valence-corrected chi connectivity index (χ1v) is 8.91. The fraction of sp³-hybridized carbons (Fsp3) is 0.0526. The van der Waals surface area contributed by atoms with Gasteiger partial charge < -0.3 is 4.57 Å². The van der Waals surface area contributed by atoms with E-state index in [-0.39, 0.29) is 12.5 Å². The molecule has 0 aliphatic carbocycles. The highest BCUT2D eigenvalue weighted by Crippen LogP contribution is 2.23. The lowest BCUT2D eigenvalue weighted by atomic mass is 10.3. The van der Waals surface area contributed by atoms with Gasteiger partial charge in [0.2, 0.25) is 0 Å². The zero-order chi connectivity index (χ0) is 17.8. The third-order valence-electron chi connectivity index (χ3n) is 3.77. The molecule has 128 valence electrons. The number of nitrogens with zero attached hydrogens (tertiary/aromatic N) is 4. The molecule has 26 heavy (non-hydrogen) atoms. The summed E-state index contributed by atoms with van der Waals surface area (Å²) in [5.41, 5.74) is 4.99. The van der Waals surface area contributed by atoms with Crippen molar-refractivity contribution in [2.75, 3.05) is 0 Å². The maximum atomic E-state index is 12.4. The van der Waals surface area contributed by atoms with Crippen LogP contribution in [0.15, 0.2) is 71.3 Å². The van der Waals surface area contributed by atoms with E-state index in [2.05, 4.69) is 20.5 Å². The molecule has 0 aliphatic rings. The quantitative estimate of drug-likeness (QED) is 0.438. The highest BCUT2D eigenvalue weighted by Gasteiger charge is 2.15. The van der Waals surface area contributed by atoms with Gasteiger partial charge in [0.25, 0.3) is 5.91 Å².